The Morgan fingerprint density at radius 3 is 2.93 bits per heavy atom. The van der Waals surface area contributed by atoms with Gasteiger partial charge in [0.2, 0.25) is 11.7 Å². The van der Waals surface area contributed by atoms with Crippen LogP contribution in [0.3, 0.4) is 0 Å². The zero-order chi connectivity index (χ0) is 20.1. The summed E-state index contributed by atoms with van der Waals surface area (Å²) in [6.45, 7) is 2.71. The number of methoxy groups -OCH3 is 1. The Morgan fingerprint density at radius 2 is 2.21 bits per heavy atom. The first-order chi connectivity index (χ1) is 13.5. The molecule has 0 bridgehead atoms. The van der Waals surface area contributed by atoms with Crippen LogP contribution in [0.2, 0.25) is 0 Å². The molecule has 1 unspecified atom stereocenters. The quantitative estimate of drug-likeness (QED) is 0.551. The number of piperidine rings is 1. The number of carbonyl (C=O) groups is 2. The van der Waals surface area contributed by atoms with Gasteiger partial charge in [0.1, 0.15) is 5.75 Å². The number of carbonyl (C=O) groups excluding carboxylic acids is 2. The van der Waals surface area contributed by atoms with Gasteiger partial charge in [-0.15, -0.1) is 0 Å². The smallest absolute Gasteiger partial charge is 0.311 e. The standard InChI is InChI=1S/C18H24N4O6/c1-27-16-9-14(4-5-15(16)22(25)26)28-12-18(24)20-7-2-3-13(11-20)21-8-6-19-10-17(21)23/h4-5,9,13,19H,2-3,6-8,10-12H2,1H3. The van der Waals surface area contributed by atoms with E-state index in [1.807, 2.05) is 4.90 Å². The van der Waals surface area contributed by atoms with E-state index in [1.54, 1.807) is 4.90 Å². The molecule has 1 aromatic carbocycles. The molecule has 10 nitrogen and oxygen atoms in total. The fourth-order valence-corrected chi connectivity index (χ4v) is 3.58. The fourth-order valence-electron chi connectivity index (χ4n) is 3.58. The molecule has 0 radical (unpaired) electrons. The SMILES string of the molecule is COc1cc(OCC(=O)N2CCCC(N3CCNCC3=O)C2)ccc1[N+](=O)[O-]. The van der Waals surface area contributed by atoms with Gasteiger partial charge >= 0.3 is 5.69 Å². The lowest BCUT2D eigenvalue weighted by Gasteiger charge is -2.41. The van der Waals surface area contributed by atoms with Crippen LogP contribution in [0.1, 0.15) is 12.8 Å². The number of nitrogens with zero attached hydrogens (tertiary/aromatic N) is 3. The third kappa shape index (κ3) is 4.50. The summed E-state index contributed by atoms with van der Waals surface area (Å²) in [4.78, 5) is 38.6. The number of piperazine rings is 1. The van der Waals surface area contributed by atoms with Crippen LogP contribution in [0.25, 0.3) is 0 Å². The Bertz CT molecular complexity index is 756. The molecule has 0 aliphatic carbocycles. The molecule has 0 spiro atoms. The second-order valence-corrected chi connectivity index (χ2v) is 6.78. The van der Waals surface area contributed by atoms with Crippen molar-refractivity contribution in [2.24, 2.45) is 0 Å². The van der Waals surface area contributed by atoms with Crippen LogP contribution < -0.4 is 14.8 Å². The molecule has 10 heteroatoms. The van der Waals surface area contributed by atoms with Crippen molar-refractivity contribution in [3.63, 3.8) is 0 Å². The van der Waals surface area contributed by atoms with Crippen LogP contribution in [-0.2, 0) is 9.59 Å². The molecular formula is C18H24N4O6. The summed E-state index contributed by atoms with van der Waals surface area (Å²) in [6.07, 6.45) is 1.72. The minimum atomic E-state index is -0.543. The van der Waals surface area contributed by atoms with Crippen LogP contribution in [0.15, 0.2) is 18.2 Å². The first-order valence-corrected chi connectivity index (χ1v) is 9.23. The van der Waals surface area contributed by atoms with E-state index in [4.69, 9.17) is 9.47 Å². The normalized spacial score (nSPS) is 20.0. The van der Waals surface area contributed by atoms with E-state index in [2.05, 4.69) is 5.32 Å². The highest BCUT2D eigenvalue weighted by Crippen LogP contribution is 2.30. The summed E-state index contributed by atoms with van der Waals surface area (Å²) in [5.74, 6) is 0.288. The van der Waals surface area contributed by atoms with Crippen molar-refractivity contribution in [1.29, 1.82) is 0 Å². The van der Waals surface area contributed by atoms with Gasteiger partial charge in [-0.2, -0.15) is 0 Å². The summed E-state index contributed by atoms with van der Waals surface area (Å²) in [6, 6.07) is 4.15. The summed E-state index contributed by atoms with van der Waals surface area (Å²) in [7, 11) is 1.34. The van der Waals surface area contributed by atoms with Gasteiger partial charge in [0, 0.05) is 44.4 Å². The Hall–Kier alpha value is -2.88. The van der Waals surface area contributed by atoms with E-state index in [-0.39, 0.29) is 35.9 Å². The Kier molecular flexibility index (Phi) is 6.30. The number of nitrogens with one attached hydrogen (secondary N) is 1. The van der Waals surface area contributed by atoms with Crippen molar-refractivity contribution in [2.75, 3.05) is 46.4 Å². The molecule has 1 atom stereocenters. The molecule has 1 aromatic rings. The van der Waals surface area contributed by atoms with Crippen LogP contribution >= 0.6 is 0 Å². The molecule has 152 valence electrons. The van der Waals surface area contributed by atoms with E-state index in [0.29, 0.717) is 31.9 Å². The number of amides is 2. The predicted octanol–water partition coefficient (Wildman–Crippen LogP) is 0.405. The van der Waals surface area contributed by atoms with Gasteiger partial charge in [0.05, 0.1) is 18.6 Å². The van der Waals surface area contributed by atoms with Crippen molar-refractivity contribution < 1.29 is 24.0 Å². The van der Waals surface area contributed by atoms with Crippen LogP contribution in [0.4, 0.5) is 5.69 Å². The zero-order valence-corrected chi connectivity index (χ0v) is 15.8. The second kappa shape index (κ2) is 8.87. The number of hydrogen-bond donors (Lipinski definition) is 1. The second-order valence-electron chi connectivity index (χ2n) is 6.78. The summed E-state index contributed by atoms with van der Waals surface area (Å²) >= 11 is 0. The number of nitro groups is 1. The van der Waals surface area contributed by atoms with E-state index < -0.39 is 4.92 Å². The fraction of sp³-hybridized carbons (Fsp3) is 0.556. The lowest BCUT2D eigenvalue weighted by molar-refractivity contribution is -0.385. The van der Waals surface area contributed by atoms with Crippen molar-refractivity contribution in [3.8, 4) is 11.5 Å². The molecule has 2 aliphatic rings. The summed E-state index contributed by atoms with van der Waals surface area (Å²) < 4.78 is 10.5. The average Bonchev–Trinajstić information content (AvgIpc) is 2.72. The lowest BCUT2D eigenvalue weighted by atomic mass is 10.0. The molecule has 3 rings (SSSR count). The maximum atomic E-state index is 12.6. The van der Waals surface area contributed by atoms with Crippen molar-refractivity contribution in [1.82, 2.24) is 15.1 Å². The minimum Gasteiger partial charge on any atom is -0.490 e. The molecule has 0 aromatic heterocycles. The Balaban J connectivity index is 1.57. The zero-order valence-electron chi connectivity index (χ0n) is 15.8. The number of likely N-dealkylation sites (tertiary alicyclic amines) is 1. The molecule has 2 amide bonds. The summed E-state index contributed by atoms with van der Waals surface area (Å²) in [5.41, 5.74) is -0.166. The number of nitro benzene ring substituents is 1. The molecule has 2 aliphatic heterocycles. The third-order valence-corrected chi connectivity index (χ3v) is 5.03. The van der Waals surface area contributed by atoms with Crippen molar-refractivity contribution in [2.45, 2.75) is 18.9 Å². The maximum Gasteiger partial charge on any atom is 0.311 e. The molecular weight excluding hydrogens is 368 g/mol. The van der Waals surface area contributed by atoms with Gasteiger partial charge in [-0.05, 0) is 18.9 Å². The van der Waals surface area contributed by atoms with Crippen LogP contribution in [0, 0.1) is 10.1 Å². The number of rotatable bonds is 6. The van der Waals surface area contributed by atoms with Gasteiger partial charge in [0.25, 0.3) is 5.91 Å². The summed E-state index contributed by atoms with van der Waals surface area (Å²) in [5, 5.41) is 14.0. The molecule has 2 saturated heterocycles. The van der Waals surface area contributed by atoms with Crippen LogP contribution in [-0.4, -0.2) is 79.0 Å². The largest absolute Gasteiger partial charge is 0.490 e. The van der Waals surface area contributed by atoms with Crippen molar-refractivity contribution in [3.05, 3.63) is 28.3 Å². The highest BCUT2D eigenvalue weighted by Gasteiger charge is 2.31. The molecule has 2 fully saturated rings. The van der Waals surface area contributed by atoms with Gasteiger partial charge < -0.3 is 24.6 Å². The first kappa shape index (κ1) is 19.9. The van der Waals surface area contributed by atoms with E-state index >= 15 is 0 Å². The minimum absolute atomic E-state index is 0.0340. The maximum absolute atomic E-state index is 12.6. The average molecular weight is 392 g/mol. The van der Waals surface area contributed by atoms with Gasteiger partial charge in [0.15, 0.2) is 6.61 Å². The Morgan fingerprint density at radius 1 is 1.39 bits per heavy atom. The molecule has 2 heterocycles. The van der Waals surface area contributed by atoms with Gasteiger partial charge in [-0.3, -0.25) is 19.7 Å². The molecule has 0 saturated carbocycles. The van der Waals surface area contributed by atoms with E-state index in [0.717, 1.165) is 19.4 Å². The topological polar surface area (TPSA) is 114 Å². The number of benzene rings is 1. The third-order valence-electron chi connectivity index (χ3n) is 5.03. The van der Waals surface area contributed by atoms with Gasteiger partial charge in [-0.1, -0.05) is 0 Å². The predicted molar refractivity (Wildman–Crippen MR) is 99.3 cm³/mol. The van der Waals surface area contributed by atoms with E-state index in [1.165, 1.54) is 25.3 Å². The van der Waals surface area contributed by atoms with Crippen molar-refractivity contribution >= 4 is 17.5 Å². The molecule has 1 N–H and O–H groups in total. The number of ether oxygens (including phenoxy) is 2. The van der Waals surface area contributed by atoms with Crippen LogP contribution in [0.5, 0.6) is 11.5 Å². The monoisotopic (exact) mass is 392 g/mol. The lowest BCUT2D eigenvalue weighted by Crippen LogP contribution is -2.57. The first-order valence-electron chi connectivity index (χ1n) is 9.23. The highest BCUT2D eigenvalue weighted by molar-refractivity contribution is 5.80. The Labute approximate surface area is 162 Å². The highest BCUT2D eigenvalue weighted by atomic mass is 16.6. The van der Waals surface area contributed by atoms with E-state index in [9.17, 15) is 19.7 Å². The van der Waals surface area contributed by atoms with Gasteiger partial charge in [-0.25, -0.2) is 0 Å². The number of hydrogen-bond acceptors (Lipinski definition) is 7. The molecule has 28 heavy (non-hydrogen) atoms.